The Morgan fingerprint density at radius 1 is 0.829 bits per heavy atom. The third kappa shape index (κ3) is 5.22. The van der Waals surface area contributed by atoms with Gasteiger partial charge in [0.2, 0.25) is 0 Å². The smallest absolute Gasteiger partial charge is 0.410 e. The molecule has 3 aliphatic rings. The zero-order valence-electron chi connectivity index (χ0n) is 20.2. The largest absolute Gasteiger partial charge is 0.480 e. The lowest BCUT2D eigenvalue weighted by Gasteiger charge is -2.23. The molecular weight excluding hydrogens is 442 g/mol. The minimum atomic E-state index is -1.00. The number of aliphatic carboxylic acids is 1. The molecule has 1 N–H and O–H groups in total. The number of benzene rings is 2. The number of ether oxygens (including phenoxy) is 2. The number of likely N-dealkylation sites (tertiary alicyclic amines) is 1. The molecule has 1 saturated carbocycles. The first-order valence-corrected chi connectivity index (χ1v) is 13.1. The molecule has 2 aromatic carbocycles. The maximum Gasteiger partial charge on any atom is 0.410 e. The number of fused-ring (bicyclic) bond motifs is 3. The van der Waals surface area contributed by atoms with Crippen molar-refractivity contribution in [1.29, 1.82) is 0 Å². The number of nitrogens with zero attached hydrogens (tertiary/aromatic N) is 1. The molecule has 2 atom stereocenters. The first-order chi connectivity index (χ1) is 17.1. The highest BCUT2D eigenvalue weighted by Crippen LogP contribution is 2.44. The van der Waals surface area contributed by atoms with Gasteiger partial charge in [-0.3, -0.25) is 4.90 Å². The van der Waals surface area contributed by atoms with Gasteiger partial charge in [-0.05, 0) is 35.1 Å². The predicted molar refractivity (Wildman–Crippen MR) is 133 cm³/mol. The van der Waals surface area contributed by atoms with E-state index in [4.69, 9.17) is 9.47 Å². The maximum absolute atomic E-state index is 13.1. The van der Waals surface area contributed by atoms with Crippen LogP contribution in [0.3, 0.4) is 0 Å². The fraction of sp³-hybridized carbons (Fsp3) is 0.517. The average molecular weight is 478 g/mol. The van der Waals surface area contributed by atoms with Crippen molar-refractivity contribution >= 4 is 12.1 Å². The summed E-state index contributed by atoms with van der Waals surface area (Å²) < 4.78 is 12.1. The van der Waals surface area contributed by atoms with Gasteiger partial charge < -0.3 is 14.6 Å². The Bertz CT molecular complexity index is 997. The van der Waals surface area contributed by atoms with Gasteiger partial charge in [-0.15, -0.1) is 0 Å². The topological polar surface area (TPSA) is 76.1 Å². The Hall–Kier alpha value is -2.86. The molecular formula is C29H35NO5. The molecule has 2 aliphatic carbocycles. The van der Waals surface area contributed by atoms with Crippen LogP contribution in [0.25, 0.3) is 11.1 Å². The molecule has 1 saturated heterocycles. The van der Waals surface area contributed by atoms with Crippen LogP contribution in [0, 0.1) is 0 Å². The van der Waals surface area contributed by atoms with Crippen molar-refractivity contribution in [3.8, 4) is 11.1 Å². The van der Waals surface area contributed by atoms with E-state index in [-0.39, 0.29) is 31.3 Å². The van der Waals surface area contributed by atoms with Gasteiger partial charge >= 0.3 is 12.1 Å². The van der Waals surface area contributed by atoms with Crippen LogP contribution in [0.2, 0.25) is 0 Å². The highest BCUT2D eigenvalue weighted by Gasteiger charge is 2.42. The highest BCUT2D eigenvalue weighted by atomic mass is 16.6. The van der Waals surface area contributed by atoms with E-state index in [1.807, 2.05) is 24.3 Å². The third-order valence-corrected chi connectivity index (χ3v) is 7.81. The number of carboxylic acids is 1. The molecule has 1 amide bonds. The quantitative estimate of drug-likeness (QED) is 0.573. The zero-order valence-corrected chi connectivity index (χ0v) is 20.2. The van der Waals surface area contributed by atoms with Crippen LogP contribution < -0.4 is 0 Å². The van der Waals surface area contributed by atoms with Crippen molar-refractivity contribution in [2.75, 3.05) is 13.2 Å². The van der Waals surface area contributed by atoms with E-state index in [2.05, 4.69) is 24.3 Å². The van der Waals surface area contributed by atoms with Crippen LogP contribution in [0.4, 0.5) is 4.79 Å². The second-order valence-electron chi connectivity index (χ2n) is 10.1. The van der Waals surface area contributed by atoms with E-state index in [1.165, 1.54) is 30.6 Å². The Kier molecular flexibility index (Phi) is 7.37. The third-order valence-electron chi connectivity index (χ3n) is 7.81. The van der Waals surface area contributed by atoms with Gasteiger partial charge in [-0.2, -0.15) is 0 Å². The summed E-state index contributed by atoms with van der Waals surface area (Å²) in [7, 11) is 0. The molecule has 0 unspecified atom stereocenters. The molecule has 35 heavy (non-hydrogen) atoms. The molecule has 1 aliphatic heterocycles. The molecule has 1 heterocycles. The van der Waals surface area contributed by atoms with Gasteiger partial charge in [-0.25, -0.2) is 9.59 Å². The van der Waals surface area contributed by atoms with Crippen LogP contribution in [0.1, 0.15) is 74.8 Å². The summed E-state index contributed by atoms with van der Waals surface area (Å²) in [5.41, 5.74) is 4.60. The van der Waals surface area contributed by atoms with E-state index in [0.717, 1.165) is 47.9 Å². The van der Waals surface area contributed by atoms with Crippen LogP contribution >= 0.6 is 0 Å². The summed E-state index contributed by atoms with van der Waals surface area (Å²) in [6.45, 7) is 0.452. The van der Waals surface area contributed by atoms with E-state index >= 15 is 0 Å². The minimum absolute atomic E-state index is 0.0527. The normalized spacial score (nSPS) is 23.1. The first-order valence-electron chi connectivity index (χ1n) is 13.1. The minimum Gasteiger partial charge on any atom is -0.480 e. The predicted octanol–water partition coefficient (Wildman–Crippen LogP) is 5.98. The summed E-state index contributed by atoms with van der Waals surface area (Å²) in [5.74, 6) is -1.05. The van der Waals surface area contributed by atoms with Crippen molar-refractivity contribution in [1.82, 2.24) is 4.90 Å². The second kappa shape index (κ2) is 10.8. The molecule has 5 rings (SSSR count). The Labute approximate surface area is 207 Å². The van der Waals surface area contributed by atoms with E-state index < -0.39 is 18.1 Å². The number of carboxylic acid groups (broad SMARTS) is 1. The fourth-order valence-electron chi connectivity index (χ4n) is 6.01. The van der Waals surface area contributed by atoms with Gasteiger partial charge in [0.05, 0.1) is 18.8 Å². The van der Waals surface area contributed by atoms with E-state index in [9.17, 15) is 14.7 Å². The number of hydrogen-bond acceptors (Lipinski definition) is 4. The Morgan fingerprint density at radius 2 is 1.40 bits per heavy atom. The van der Waals surface area contributed by atoms with Crippen LogP contribution in [0.5, 0.6) is 0 Å². The summed E-state index contributed by atoms with van der Waals surface area (Å²) in [6, 6.07) is 15.5. The lowest BCUT2D eigenvalue weighted by molar-refractivity contribution is -0.141. The van der Waals surface area contributed by atoms with Gasteiger partial charge in [0.25, 0.3) is 0 Å². The van der Waals surface area contributed by atoms with Crippen LogP contribution in [0.15, 0.2) is 48.5 Å². The fourth-order valence-corrected chi connectivity index (χ4v) is 6.01. The van der Waals surface area contributed by atoms with Crippen molar-refractivity contribution in [2.45, 2.75) is 82.0 Å². The number of hydrogen-bond donors (Lipinski definition) is 1. The molecule has 0 bridgehead atoms. The summed E-state index contributed by atoms with van der Waals surface area (Å²) in [6.07, 6.45) is 8.99. The molecule has 2 aromatic rings. The standard InChI is InChI=1S/C29H35NO5/c31-28(32)27-17-21(35-20-11-5-3-1-2-4-6-12-20)18-30(27)29(33)34-19-26-24-15-9-7-13-22(24)23-14-8-10-16-25(23)26/h7-10,13-16,20-21,26-27H,1-6,11-12,17-19H2,(H,31,32)/t21-,27+/m1/s1. The van der Waals surface area contributed by atoms with Crippen molar-refractivity contribution in [3.63, 3.8) is 0 Å². The van der Waals surface area contributed by atoms with Crippen molar-refractivity contribution < 1.29 is 24.2 Å². The first kappa shape index (κ1) is 23.9. The van der Waals surface area contributed by atoms with Crippen LogP contribution in [-0.2, 0) is 14.3 Å². The number of rotatable bonds is 5. The average Bonchev–Trinajstić information content (AvgIpc) is 3.46. The summed E-state index contributed by atoms with van der Waals surface area (Å²) >= 11 is 0. The number of amides is 1. The molecule has 186 valence electrons. The van der Waals surface area contributed by atoms with Gasteiger partial charge in [0, 0.05) is 12.3 Å². The number of carbonyl (C=O) groups excluding carboxylic acids is 1. The van der Waals surface area contributed by atoms with Gasteiger partial charge in [-0.1, -0.05) is 87.1 Å². The molecule has 6 heteroatoms. The lowest BCUT2D eigenvalue weighted by Crippen LogP contribution is -2.41. The van der Waals surface area contributed by atoms with E-state index in [1.54, 1.807) is 0 Å². The van der Waals surface area contributed by atoms with Crippen molar-refractivity contribution in [3.05, 3.63) is 59.7 Å². The Balaban J connectivity index is 1.23. The number of carbonyl (C=O) groups is 2. The summed E-state index contributed by atoms with van der Waals surface area (Å²) in [4.78, 5) is 26.4. The van der Waals surface area contributed by atoms with Gasteiger partial charge in [0.1, 0.15) is 12.6 Å². The van der Waals surface area contributed by atoms with Crippen LogP contribution in [-0.4, -0.2) is 53.5 Å². The molecule has 0 radical (unpaired) electrons. The van der Waals surface area contributed by atoms with Gasteiger partial charge in [0.15, 0.2) is 0 Å². The molecule has 0 spiro atoms. The summed E-state index contributed by atoms with van der Waals surface area (Å²) in [5, 5.41) is 9.81. The lowest BCUT2D eigenvalue weighted by atomic mass is 9.98. The SMILES string of the molecule is O=C(O)[C@@H]1C[C@@H](OC2CCCCCCCC2)CN1C(=O)OCC1c2ccccc2-c2ccccc21. The monoisotopic (exact) mass is 477 g/mol. The van der Waals surface area contributed by atoms with Crippen molar-refractivity contribution in [2.24, 2.45) is 0 Å². The second-order valence-corrected chi connectivity index (χ2v) is 10.1. The molecule has 0 aromatic heterocycles. The van der Waals surface area contributed by atoms with E-state index in [0.29, 0.717) is 6.42 Å². The maximum atomic E-state index is 13.1. The zero-order chi connectivity index (χ0) is 24.2. The molecule has 6 nitrogen and oxygen atoms in total. The Morgan fingerprint density at radius 3 is 2.00 bits per heavy atom. The highest BCUT2D eigenvalue weighted by molar-refractivity contribution is 5.81. The molecule has 2 fully saturated rings.